The van der Waals surface area contributed by atoms with Gasteiger partial charge >= 0.3 is 6.01 Å². The molecule has 5 nitrogen and oxygen atoms in total. The third-order valence-corrected chi connectivity index (χ3v) is 3.06. The van der Waals surface area contributed by atoms with Gasteiger partial charge in [-0.15, -0.1) is 0 Å². The molecule has 1 aromatic heterocycles. The first-order valence-corrected chi connectivity index (χ1v) is 5.81. The third kappa shape index (κ3) is 2.03. The first-order chi connectivity index (χ1) is 8.54. The predicted molar refractivity (Wildman–Crippen MR) is 70.0 cm³/mol. The zero-order valence-corrected chi connectivity index (χ0v) is 10.8. The van der Waals surface area contributed by atoms with E-state index in [1.807, 2.05) is 26.8 Å². The van der Waals surface area contributed by atoms with Gasteiger partial charge in [-0.05, 0) is 37.5 Å². The average Bonchev–Trinajstić information content (AvgIpc) is 2.79. The van der Waals surface area contributed by atoms with E-state index < -0.39 is 0 Å². The number of rotatable bonds is 3. The van der Waals surface area contributed by atoms with E-state index in [-0.39, 0.29) is 0 Å². The largest absolute Gasteiger partial charge is 0.422 e. The molecule has 0 saturated carbocycles. The highest BCUT2D eigenvalue weighted by atomic mass is 16.4. The Hall–Kier alpha value is -2.06. The molecule has 1 aromatic carbocycles. The van der Waals surface area contributed by atoms with Crippen molar-refractivity contribution in [2.45, 2.75) is 27.2 Å². The number of hydrazine groups is 1. The molecule has 0 aliphatic carbocycles. The fourth-order valence-corrected chi connectivity index (χ4v) is 1.90. The number of hydrogen-bond acceptors (Lipinski definition) is 5. The highest BCUT2D eigenvalue weighted by Crippen LogP contribution is 2.28. The second-order valence-electron chi connectivity index (χ2n) is 4.41. The Kier molecular flexibility index (Phi) is 3.21. The van der Waals surface area contributed by atoms with Crippen LogP contribution in [0.25, 0.3) is 11.1 Å². The molecule has 18 heavy (non-hydrogen) atoms. The van der Waals surface area contributed by atoms with Gasteiger partial charge in [-0.3, -0.25) is 5.01 Å². The van der Waals surface area contributed by atoms with Crippen molar-refractivity contribution in [1.29, 1.82) is 5.26 Å². The monoisotopic (exact) mass is 244 g/mol. The van der Waals surface area contributed by atoms with Crippen molar-refractivity contribution in [1.82, 2.24) is 4.98 Å². The maximum absolute atomic E-state index is 8.54. The van der Waals surface area contributed by atoms with Crippen molar-refractivity contribution >= 4 is 17.1 Å². The lowest BCUT2D eigenvalue weighted by Gasteiger charge is -2.10. The minimum atomic E-state index is 0.340. The Morgan fingerprint density at radius 1 is 1.39 bits per heavy atom. The standard InChI is InChI=1S/C13H16N4O/c1-8-7-9(2)12-11(10(8)3)16-13(18-12)17(15)6-4-5-14/h7H,4,6,15H2,1-3H3. The molecule has 0 fully saturated rings. The van der Waals surface area contributed by atoms with Crippen molar-refractivity contribution in [2.24, 2.45) is 5.84 Å². The number of nitrogens with zero attached hydrogens (tertiary/aromatic N) is 3. The molecule has 2 N–H and O–H groups in total. The maximum atomic E-state index is 8.54. The van der Waals surface area contributed by atoms with Gasteiger partial charge in [0.2, 0.25) is 0 Å². The summed E-state index contributed by atoms with van der Waals surface area (Å²) in [4.78, 5) is 4.41. The molecule has 2 aromatic rings. The second-order valence-corrected chi connectivity index (χ2v) is 4.41. The summed E-state index contributed by atoms with van der Waals surface area (Å²) < 4.78 is 5.67. The second kappa shape index (κ2) is 4.67. The lowest BCUT2D eigenvalue weighted by Crippen LogP contribution is -2.31. The van der Waals surface area contributed by atoms with Crippen LogP contribution in [0.3, 0.4) is 0 Å². The lowest BCUT2D eigenvalue weighted by atomic mass is 10.1. The predicted octanol–water partition coefficient (Wildman–Crippen LogP) is 2.35. The van der Waals surface area contributed by atoms with Gasteiger partial charge in [-0.1, -0.05) is 6.07 Å². The first-order valence-electron chi connectivity index (χ1n) is 5.81. The fourth-order valence-electron chi connectivity index (χ4n) is 1.90. The Morgan fingerprint density at radius 2 is 2.11 bits per heavy atom. The van der Waals surface area contributed by atoms with Gasteiger partial charge in [0.05, 0.1) is 19.0 Å². The molecule has 0 saturated heterocycles. The van der Waals surface area contributed by atoms with Crippen LogP contribution in [-0.2, 0) is 0 Å². The Bertz CT molecular complexity index is 624. The van der Waals surface area contributed by atoms with Crippen molar-refractivity contribution in [2.75, 3.05) is 11.6 Å². The maximum Gasteiger partial charge on any atom is 0.313 e. The van der Waals surface area contributed by atoms with Crippen LogP contribution in [0, 0.1) is 32.1 Å². The smallest absolute Gasteiger partial charge is 0.313 e. The summed E-state index contributed by atoms with van der Waals surface area (Å²) in [6.45, 7) is 6.45. The molecule has 2 rings (SSSR count). The Morgan fingerprint density at radius 3 is 2.78 bits per heavy atom. The number of nitrogens with two attached hydrogens (primary N) is 1. The van der Waals surface area contributed by atoms with E-state index in [9.17, 15) is 0 Å². The van der Waals surface area contributed by atoms with E-state index in [0.717, 1.165) is 22.2 Å². The van der Waals surface area contributed by atoms with Crippen LogP contribution in [0.5, 0.6) is 0 Å². The van der Waals surface area contributed by atoms with Gasteiger partial charge in [0.25, 0.3) is 0 Å². The summed E-state index contributed by atoms with van der Waals surface area (Å²) in [6.07, 6.45) is 0.340. The van der Waals surface area contributed by atoms with E-state index in [2.05, 4.69) is 11.1 Å². The number of fused-ring (bicyclic) bond motifs is 1. The van der Waals surface area contributed by atoms with Crippen LogP contribution in [-0.4, -0.2) is 11.5 Å². The van der Waals surface area contributed by atoms with E-state index in [0.29, 0.717) is 19.0 Å². The number of hydrogen-bond donors (Lipinski definition) is 1. The number of nitriles is 1. The highest BCUT2D eigenvalue weighted by molar-refractivity contribution is 5.82. The SMILES string of the molecule is Cc1cc(C)c2oc(N(N)CCC#N)nc2c1C. The number of benzene rings is 1. The van der Waals surface area contributed by atoms with Crippen LogP contribution < -0.4 is 10.9 Å². The summed E-state index contributed by atoms with van der Waals surface area (Å²) in [5.41, 5.74) is 4.93. The van der Waals surface area contributed by atoms with Gasteiger partial charge in [0.1, 0.15) is 5.52 Å². The van der Waals surface area contributed by atoms with Gasteiger partial charge in [-0.2, -0.15) is 10.2 Å². The molecule has 0 aliphatic rings. The van der Waals surface area contributed by atoms with Crippen LogP contribution in [0.4, 0.5) is 6.01 Å². The molecule has 0 bridgehead atoms. The topological polar surface area (TPSA) is 79.1 Å². The van der Waals surface area contributed by atoms with Gasteiger partial charge in [0.15, 0.2) is 5.58 Å². The summed E-state index contributed by atoms with van der Waals surface area (Å²) in [5, 5.41) is 9.92. The Labute approximate surface area is 106 Å². The summed E-state index contributed by atoms with van der Waals surface area (Å²) in [5.74, 6) is 5.81. The summed E-state index contributed by atoms with van der Waals surface area (Å²) >= 11 is 0. The minimum absolute atomic E-state index is 0.340. The molecule has 0 aliphatic heterocycles. The molecule has 0 unspecified atom stereocenters. The Balaban J connectivity index is 2.47. The first kappa shape index (κ1) is 12.4. The van der Waals surface area contributed by atoms with Crippen LogP contribution in [0.1, 0.15) is 23.1 Å². The van der Waals surface area contributed by atoms with Crippen LogP contribution in [0.15, 0.2) is 10.5 Å². The molecule has 0 amide bonds. The lowest BCUT2D eigenvalue weighted by molar-refractivity contribution is 0.571. The van der Waals surface area contributed by atoms with E-state index in [1.165, 1.54) is 10.6 Å². The van der Waals surface area contributed by atoms with Crippen molar-refractivity contribution in [3.63, 3.8) is 0 Å². The van der Waals surface area contributed by atoms with Gasteiger partial charge in [-0.25, -0.2) is 5.84 Å². The quantitative estimate of drug-likeness (QED) is 0.662. The highest BCUT2D eigenvalue weighted by Gasteiger charge is 2.15. The molecule has 0 radical (unpaired) electrons. The van der Waals surface area contributed by atoms with E-state index in [4.69, 9.17) is 15.5 Å². The average molecular weight is 244 g/mol. The van der Waals surface area contributed by atoms with Crippen LogP contribution >= 0.6 is 0 Å². The van der Waals surface area contributed by atoms with Crippen molar-refractivity contribution < 1.29 is 4.42 Å². The molecular weight excluding hydrogens is 228 g/mol. The number of aromatic nitrogens is 1. The number of oxazole rings is 1. The summed E-state index contributed by atoms with van der Waals surface area (Å²) in [6, 6.07) is 4.47. The van der Waals surface area contributed by atoms with E-state index in [1.54, 1.807) is 0 Å². The molecule has 0 atom stereocenters. The van der Waals surface area contributed by atoms with E-state index >= 15 is 0 Å². The number of aryl methyl sites for hydroxylation is 3. The van der Waals surface area contributed by atoms with Crippen molar-refractivity contribution in [3.05, 3.63) is 22.8 Å². The van der Waals surface area contributed by atoms with Crippen molar-refractivity contribution in [3.8, 4) is 6.07 Å². The fraction of sp³-hybridized carbons (Fsp3) is 0.385. The normalized spacial score (nSPS) is 10.6. The molecule has 5 heteroatoms. The minimum Gasteiger partial charge on any atom is -0.422 e. The molecule has 94 valence electrons. The summed E-state index contributed by atoms with van der Waals surface area (Å²) in [7, 11) is 0. The third-order valence-electron chi connectivity index (χ3n) is 3.06. The molecule has 1 heterocycles. The van der Waals surface area contributed by atoms with Crippen LogP contribution in [0.2, 0.25) is 0 Å². The zero-order chi connectivity index (χ0) is 13.3. The van der Waals surface area contributed by atoms with Gasteiger partial charge in [0, 0.05) is 0 Å². The zero-order valence-electron chi connectivity index (χ0n) is 10.8. The molecule has 0 spiro atoms. The van der Waals surface area contributed by atoms with Gasteiger partial charge < -0.3 is 4.42 Å². The number of anilines is 1. The molecular formula is C13H16N4O.